The first-order chi connectivity index (χ1) is 12.3. The number of aromatic nitrogens is 2. The van der Waals surface area contributed by atoms with Crippen molar-refractivity contribution in [1.29, 1.82) is 0 Å². The Hall–Kier alpha value is -3.20. The molecule has 0 spiro atoms. The molecular weight excluding hydrogens is 356 g/mol. The third kappa shape index (κ3) is 3.42. The first-order valence-corrected chi connectivity index (χ1v) is 9.15. The van der Waals surface area contributed by atoms with Gasteiger partial charge in [-0.3, -0.25) is 14.0 Å². The molecule has 134 valence electrons. The van der Waals surface area contributed by atoms with Crippen LogP contribution in [0.3, 0.4) is 0 Å². The van der Waals surface area contributed by atoms with Gasteiger partial charge in [-0.25, -0.2) is 18.1 Å². The number of anilines is 1. The quantitative estimate of drug-likeness (QED) is 0.725. The van der Waals surface area contributed by atoms with Gasteiger partial charge in [0.05, 0.1) is 10.6 Å². The number of sulfonamides is 1. The number of benzene rings is 1. The van der Waals surface area contributed by atoms with Crippen LogP contribution in [-0.2, 0) is 14.8 Å². The molecule has 3 rings (SSSR count). The number of rotatable bonds is 4. The van der Waals surface area contributed by atoms with Crippen LogP contribution < -0.4 is 10.0 Å². The molecule has 0 saturated heterocycles. The smallest absolute Gasteiger partial charge is 0.274 e. The van der Waals surface area contributed by atoms with Crippen LogP contribution in [0.4, 0.5) is 5.69 Å². The molecule has 3 aromatic rings. The molecule has 2 amide bonds. The Morgan fingerprint density at radius 2 is 1.77 bits per heavy atom. The Labute approximate surface area is 149 Å². The van der Waals surface area contributed by atoms with Crippen molar-refractivity contribution < 1.29 is 18.0 Å². The van der Waals surface area contributed by atoms with E-state index in [-0.39, 0.29) is 10.8 Å². The van der Waals surface area contributed by atoms with Gasteiger partial charge >= 0.3 is 0 Å². The first-order valence-electron chi connectivity index (χ1n) is 7.66. The molecule has 0 atom stereocenters. The van der Waals surface area contributed by atoms with Gasteiger partial charge in [0, 0.05) is 18.8 Å². The molecule has 1 aromatic carbocycles. The molecule has 0 saturated carbocycles. The third-order valence-corrected chi connectivity index (χ3v) is 5.07. The first kappa shape index (κ1) is 17.6. The number of amides is 2. The van der Waals surface area contributed by atoms with Gasteiger partial charge in [-0.15, -0.1) is 0 Å². The lowest BCUT2D eigenvalue weighted by Gasteiger charge is -2.08. The summed E-state index contributed by atoms with van der Waals surface area (Å²) in [6.07, 6.45) is 1.74. The van der Waals surface area contributed by atoms with Crippen molar-refractivity contribution in [1.82, 2.24) is 14.1 Å². The average Bonchev–Trinajstić information content (AvgIpc) is 2.90. The number of nitrogens with one attached hydrogen (secondary N) is 2. The van der Waals surface area contributed by atoms with Crippen molar-refractivity contribution in [3.05, 3.63) is 60.0 Å². The molecule has 9 heteroatoms. The highest BCUT2D eigenvalue weighted by molar-refractivity contribution is 7.90. The molecule has 0 radical (unpaired) electrons. The van der Waals surface area contributed by atoms with E-state index in [4.69, 9.17) is 0 Å². The Balaban J connectivity index is 1.84. The summed E-state index contributed by atoms with van der Waals surface area (Å²) in [6, 6.07) is 10.9. The van der Waals surface area contributed by atoms with Crippen molar-refractivity contribution in [2.45, 2.75) is 18.7 Å². The molecule has 0 unspecified atom stereocenters. The average molecular weight is 372 g/mol. The van der Waals surface area contributed by atoms with Crippen LogP contribution in [0.2, 0.25) is 0 Å². The minimum Gasteiger partial charge on any atom is -0.321 e. The topological polar surface area (TPSA) is 110 Å². The number of nitrogens with zero attached hydrogens (tertiary/aromatic N) is 2. The van der Waals surface area contributed by atoms with Gasteiger partial charge in [-0.1, -0.05) is 6.07 Å². The molecule has 26 heavy (non-hydrogen) atoms. The number of imidazole rings is 1. The number of hydrogen-bond donors (Lipinski definition) is 2. The van der Waals surface area contributed by atoms with Crippen LogP contribution >= 0.6 is 0 Å². The Bertz CT molecular complexity index is 1100. The van der Waals surface area contributed by atoms with Crippen LogP contribution in [-0.4, -0.2) is 29.6 Å². The minimum atomic E-state index is -3.91. The lowest BCUT2D eigenvalue weighted by atomic mass is 10.3. The SMILES string of the molecule is CC(=O)NS(=O)(=O)c1ccc(NC(=O)c2c(C)nc3ccccn23)cc1. The minimum absolute atomic E-state index is 0.0725. The van der Waals surface area contributed by atoms with Gasteiger partial charge in [0.1, 0.15) is 11.3 Å². The zero-order valence-corrected chi connectivity index (χ0v) is 14.9. The van der Waals surface area contributed by atoms with Crippen LogP contribution in [0, 0.1) is 6.92 Å². The largest absolute Gasteiger partial charge is 0.321 e. The second kappa shape index (κ2) is 6.60. The van der Waals surface area contributed by atoms with Gasteiger partial charge in [0.15, 0.2) is 0 Å². The van der Waals surface area contributed by atoms with Crippen molar-refractivity contribution in [3.63, 3.8) is 0 Å². The summed E-state index contributed by atoms with van der Waals surface area (Å²) in [7, 11) is -3.91. The second-order valence-corrected chi connectivity index (χ2v) is 7.30. The normalized spacial score (nSPS) is 11.3. The summed E-state index contributed by atoms with van der Waals surface area (Å²) in [4.78, 5) is 27.8. The highest BCUT2D eigenvalue weighted by atomic mass is 32.2. The van der Waals surface area contributed by atoms with Gasteiger partial charge in [-0.2, -0.15) is 0 Å². The van der Waals surface area contributed by atoms with Crippen LogP contribution in [0.25, 0.3) is 5.65 Å². The maximum absolute atomic E-state index is 12.6. The summed E-state index contributed by atoms with van der Waals surface area (Å²) in [5, 5.41) is 2.71. The molecule has 2 heterocycles. The number of hydrogen-bond acceptors (Lipinski definition) is 5. The summed E-state index contributed by atoms with van der Waals surface area (Å²) in [6.45, 7) is 2.86. The predicted octanol–water partition coefficient (Wildman–Crippen LogP) is 1.72. The summed E-state index contributed by atoms with van der Waals surface area (Å²) in [5.41, 5.74) is 2.06. The van der Waals surface area contributed by atoms with E-state index < -0.39 is 15.9 Å². The molecule has 0 fully saturated rings. The van der Waals surface area contributed by atoms with E-state index in [0.717, 1.165) is 6.92 Å². The lowest BCUT2D eigenvalue weighted by Crippen LogP contribution is -2.28. The maximum atomic E-state index is 12.6. The molecule has 8 nitrogen and oxygen atoms in total. The molecule has 2 aromatic heterocycles. The van der Waals surface area contributed by atoms with Gasteiger partial charge in [0.25, 0.3) is 15.9 Å². The number of aryl methyl sites for hydroxylation is 1. The predicted molar refractivity (Wildman–Crippen MR) is 95.3 cm³/mol. The van der Waals surface area contributed by atoms with E-state index in [0.29, 0.717) is 22.7 Å². The Morgan fingerprint density at radius 3 is 2.42 bits per heavy atom. The number of carbonyl (C=O) groups excluding carboxylic acids is 2. The van der Waals surface area contributed by atoms with Crippen molar-refractivity contribution >= 4 is 33.2 Å². The monoisotopic (exact) mass is 372 g/mol. The fraction of sp³-hybridized carbons (Fsp3) is 0.118. The van der Waals surface area contributed by atoms with Gasteiger partial charge in [-0.05, 0) is 43.3 Å². The van der Waals surface area contributed by atoms with Crippen molar-refractivity contribution in [2.75, 3.05) is 5.32 Å². The van der Waals surface area contributed by atoms with Crippen molar-refractivity contribution in [3.8, 4) is 0 Å². The Kier molecular flexibility index (Phi) is 4.47. The summed E-state index contributed by atoms with van der Waals surface area (Å²) in [5.74, 6) is -1.04. The lowest BCUT2D eigenvalue weighted by molar-refractivity contribution is -0.117. The molecule has 0 bridgehead atoms. The standard InChI is InChI=1S/C17H16N4O4S/c1-11-16(21-10-4-3-5-15(21)18-11)17(23)19-13-6-8-14(9-7-13)26(24,25)20-12(2)22/h3-10H,1-2H3,(H,19,23)(H,20,22). The highest BCUT2D eigenvalue weighted by Crippen LogP contribution is 2.17. The zero-order chi connectivity index (χ0) is 18.9. The van der Waals surface area contributed by atoms with Crippen LogP contribution in [0.15, 0.2) is 53.6 Å². The Morgan fingerprint density at radius 1 is 1.08 bits per heavy atom. The zero-order valence-electron chi connectivity index (χ0n) is 14.1. The number of fused-ring (bicyclic) bond motifs is 1. The fourth-order valence-corrected chi connectivity index (χ4v) is 3.53. The van der Waals surface area contributed by atoms with E-state index in [1.807, 2.05) is 10.8 Å². The summed E-state index contributed by atoms with van der Waals surface area (Å²) < 4.78 is 27.4. The maximum Gasteiger partial charge on any atom is 0.274 e. The van der Waals surface area contributed by atoms with E-state index in [1.165, 1.54) is 24.3 Å². The molecule has 0 aliphatic heterocycles. The number of pyridine rings is 1. The molecule has 0 aliphatic rings. The highest BCUT2D eigenvalue weighted by Gasteiger charge is 2.18. The van der Waals surface area contributed by atoms with E-state index in [1.54, 1.807) is 29.7 Å². The molecular formula is C17H16N4O4S. The fourth-order valence-electron chi connectivity index (χ4n) is 2.54. The van der Waals surface area contributed by atoms with E-state index in [2.05, 4.69) is 10.3 Å². The molecule has 0 aliphatic carbocycles. The van der Waals surface area contributed by atoms with Gasteiger partial charge < -0.3 is 5.32 Å². The second-order valence-electron chi connectivity index (χ2n) is 5.61. The molecule has 2 N–H and O–H groups in total. The third-order valence-electron chi connectivity index (χ3n) is 3.62. The van der Waals surface area contributed by atoms with E-state index in [9.17, 15) is 18.0 Å². The van der Waals surface area contributed by atoms with E-state index >= 15 is 0 Å². The number of carbonyl (C=O) groups is 2. The van der Waals surface area contributed by atoms with Gasteiger partial charge in [0.2, 0.25) is 5.91 Å². The van der Waals surface area contributed by atoms with Crippen LogP contribution in [0.5, 0.6) is 0 Å². The van der Waals surface area contributed by atoms with Crippen LogP contribution in [0.1, 0.15) is 23.1 Å². The summed E-state index contributed by atoms with van der Waals surface area (Å²) >= 11 is 0. The van der Waals surface area contributed by atoms with Crippen molar-refractivity contribution in [2.24, 2.45) is 0 Å².